The number of nitrogens with one attached hydrogen (secondary N) is 1. The Morgan fingerprint density at radius 3 is 2.88 bits per heavy atom. The summed E-state index contributed by atoms with van der Waals surface area (Å²) in [6, 6.07) is 0.0464. The maximum absolute atomic E-state index is 12.2. The lowest BCUT2D eigenvalue weighted by Crippen LogP contribution is -2.58. The Hall–Kier alpha value is -0.610. The molecular formula is C13H26N2O2. The van der Waals surface area contributed by atoms with Gasteiger partial charge < -0.3 is 16.2 Å². The van der Waals surface area contributed by atoms with Crippen molar-refractivity contribution in [1.82, 2.24) is 5.32 Å². The Bertz CT molecular complexity index is 258. The van der Waals surface area contributed by atoms with Crippen LogP contribution in [0.5, 0.6) is 0 Å². The highest BCUT2D eigenvalue weighted by Gasteiger charge is 2.38. The van der Waals surface area contributed by atoms with E-state index in [4.69, 9.17) is 10.8 Å². The summed E-state index contributed by atoms with van der Waals surface area (Å²) in [5.41, 5.74) is 5.52. The van der Waals surface area contributed by atoms with Gasteiger partial charge in [-0.15, -0.1) is 0 Å². The fraction of sp³-hybridized carbons (Fsp3) is 0.923. The van der Waals surface area contributed by atoms with Gasteiger partial charge in [0.2, 0.25) is 5.91 Å². The van der Waals surface area contributed by atoms with E-state index >= 15 is 0 Å². The molecule has 100 valence electrons. The minimum Gasteiger partial charge on any atom is -0.396 e. The first-order chi connectivity index (χ1) is 8.01. The summed E-state index contributed by atoms with van der Waals surface area (Å²) in [5, 5.41) is 11.9. The topological polar surface area (TPSA) is 75.3 Å². The maximum atomic E-state index is 12.2. The number of carbonyl (C=O) groups is 1. The van der Waals surface area contributed by atoms with Crippen LogP contribution in [-0.4, -0.2) is 29.2 Å². The maximum Gasteiger partial charge on any atom is 0.240 e. The summed E-state index contributed by atoms with van der Waals surface area (Å²) in [6.07, 6.45) is 5.18. The number of amides is 1. The van der Waals surface area contributed by atoms with Gasteiger partial charge in [-0.25, -0.2) is 0 Å². The Morgan fingerprint density at radius 2 is 2.35 bits per heavy atom. The van der Waals surface area contributed by atoms with E-state index < -0.39 is 5.54 Å². The van der Waals surface area contributed by atoms with Gasteiger partial charge in [0, 0.05) is 12.6 Å². The summed E-state index contributed by atoms with van der Waals surface area (Å²) in [6.45, 7) is 4.26. The van der Waals surface area contributed by atoms with Crippen molar-refractivity contribution in [2.24, 2.45) is 11.7 Å². The molecule has 4 heteroatoms. The van der Waals surface area contributed by atoms with Gasteiger partial charge in [-0.2, -0.15) is 0 Å². The van der Waals surface area contributed by atoms with Crippen LogP contribution in [-0.2, 0) is 4.79 Å². The number of aliphatic hydroxyl groups excluding tert-OH is 1. The summed E-state index contributed by atoms with van der Waals surface area (Å²) in [4.78, 5) is 12.2. The van der Waals surface area contributed by atoms with Crippen molar-refractivity contribution in [3.05, 3.63) is 0 Å². The molecule has 4 N–H and O–H groups in total. The molecular weight excluding hydrogens is 216 g/mol. The predicted octanol–water partition coefficient (Wildman–Crippen LogP) is 1.17. The van der Waals surface area contributed by atoms with Gasteiger partial charge in [-0.3, -0.25) is 4.79 Å². The smallest absolute Gasteiger partial charge is 0.240 e. The standard InChI is InChI=1S/C13H26N2O2/c1-3-11(6-8-16)15-12(17)13(14)7-4-5-10(2)9-13/h10-11,16H,3-9,14H2,1-2H3,(H,15,17). The highest BCUT2D eigenvalue weighted by Crippen LogP contribution is 2.30. The molecule has 0 spiro atoms. The summed E-state index contributed by atoms with van der Waals surface area (Å²) < 4.78 is 0. The lowest BCUT2D eigenvalue weighted by atomic mass is 9.76. The van der Waals surface area contributed by atoms with Crippen molar-refractivity contribution in [1.29, 1.82) is 0 Å². The third kappa shape index (κ3) is 3.96. The molecule has 0 bridgehead atoms. The van der Waals surface area contributed by atoms with Crippen LogP contribution in [0.25, 0.3) is 0 Å². The second-order valence-electron chi connectivity index (χ2n) is 5.45. The molecule has 0 aromatic rings. The molecule has 0 aliphatic heterocycles. The number of aliphatic hydroxyl groups is 1. The number of nitrogens with two attached hydrogens (primary N) is 1. The zero-order valence-corrected chi connectivity index (χ0v) is 11.0. The second kappa shape index (κ2) is 6.36. The van der Waals surface area contributed by atoms with Crippen LogP contribution < -0.4 is 11.1 Å². The summed E-state index contributed by atoms with van der Waals surface area (Å²) in [7, 11) is 0. The molecule has 1 fully saturated rings. The van der Waals surface area contributed by atoms with E-state index in [1.807, 2.05) is 6.92 Å². The zero-order valence-electron chi connectivity index (χ0n) is 11.0. The van der Waals surface area contributed by atoms with Crippen molar-refractivity contribution < 1.29 is 9.90 Å². The van der Waals surface area contributed by atoms with E-state index in [-0.39, 0.29) is 18.6 Å². The average molecular weight is 242 g/mol. The van der Waals surface area contributed by atoms with Crippen LogP contribution in [0.1, 0.15) is 52.4 Å². The number of hydrogen-bond donors (Lipinski definition) is 3. The molecule has 1 saturated carbocycles. The van der Waals surface area contributed by atoms with Crippen molar-refractivity contribution in [3.8, 4) is 0 Å². The molecule has 1 rings (SSSR count). The molecule has 0 heterocycles. The van der Waals surface area contributed by atoms with Crippen LogP contribution in [0, 0.1) is 5.92 Å². The third-order valence-corrected chi connectivity index (χ3v) is 3.79. The molecule has 0 radical (unpaired) electrons. The fourth-order valence-corrected chi connectivity index (χ4v) is 2.66. The van der Waals surface area contributed by atoms with Crippen molar-refractivity contribution >= 4 is 5.91 Å². The normalized spacial score (nSPS) is 30.9. The number of rotatable bonds is 5. The second-order valence-corrected chi connectivity index (χ2v) is 5.45. The molecule has 1 amide bonds. The van der Waals surface area contributed by atoms with Gasteiger partial charge in [0.05, 0.1) is 5.54 Å². The van der Waals surface area contributed by atoms with E-state index in [1.165, 1.54) is 6.42 Å². The quantitative estimate of drug-likeness (QED) is 0.677. The third-order valence-electron chi connectivity index (χ3n) is 3.79. The van der Waals surface area contributed by atoms with Crippen molar-refractivity contribution in [2.45, 2.75) is 64.0 Å². The van der Waals surface area contributed by atoms with Crippen LogP contribution in [0.3, 0.4) is 0 Å². The molecule has 0 aromatic heterocycles. The molecule has 1 aliphatic rings. The van der Waals surface area contributed by atoms with E-state index in [0.717, 1.165) is 25.7 Å². The molecule has 4 nitrogen and oxygen atoms in total. The average Bonchev–Trinajstić information content (AvgIpc) is 2.28. The van der Waals surface area contributed by atoms with Gasteiger partial charge in [0.25, 0.3) is 0 Å². The van der Waals surface area contributed by atoms with Crippen molar-refractivity contribution in [2.75, 3.05) is 6.61 Å². The van der Waals surface area contributed by atoms with Crippen LogP contribution >= 0.6 is 0 Å². The van der Waals surface area contributed by atoms with E-state index in [2.05, 4.69) is 12.2 Å². The Labute approximate surface area is 104 Å². The molecule has 0 saturated heterocycles. The fourth-order valence-electron chi connectivity index (χ4n) is 2.66. The summed E-state index contributed by atoms with van der Waals surface area (Å²) >= 11 is 0. The van der Waals surface area contributed by atoms with Gasteiger partial charge >= 0.3 is 0 Å². The van der Waals surface area contributed by atoms with Gasteiger partial charge in [0.15, 0.2) is 0 Å². The molecule has 3 unspecified atom stereocenters. The summed E-state index contributed by atoms with van der Waals surface area (Å²) in [5.74, 6) is 0.488. The largest absolute Gasteiger partial charge is 0.396 e. The predicted molar refractivity (Wildman–Crippen MR) is 68.5 cm³/mol. The zero-order chi connectivity index (χ0) is 12.9. The number of carbonyl (C=O) groups excluding carboxylic acids is 1. The minimum absolute atomic E-state index is 0.0376. The lowest BCUT2D eigenvalue weighted by molar-refractivity contribution is -0.128. The first-order valence-corrected chi connectivity index (χ1v) is 6.72. The van der Waals surface area contributed by atoms with Gasteiger partial charge in [-0.05, 0) is 31.6 Å². The Balaban J connectivity index is 2.55. The highest BCUT2D eigenvalue weighted by molar-refractivity contribution is 5.86. The SMILES string of the molecule is CCC(CCO)NC(=O)C1(N)CCCC(C)C1. The van der Waals surface area contributed by atoms with Crippen LogP contribution in [0.2, 0.25) is 0 Å². The van der Waals surface area contributed by atoms with Gasteiger partial charge in [0.1, 0.15) is 0 Å². The Kier molecular flexibility index (Phi) is 5.40. The Morgan fingerprint density at radius 1 is 1.65 bits per heavy atom. The first kappa shape index (κ1) is 14.5. The minimum atomic E-state index is -0.694. The van der Waals surface area contributed by atoms with Crippen molar-refractivity contribution in [3.63, 3.8) is 0 Å². The molecule has 0 aromatic carbocycles. The highest BCUT2D eigenvalue weighted by atomic mass is 16.3. The molecule has 17 heavy (non-hydrogen) atoms. The first-order valence-electron chi connectivity index (χ1n) is 6.72. The number of hydrogen-bond acceptors (Lipinski definition) is 3. The van der Waals surface area contributed by atoms with E-state index in [0.29, 0.717) is 12.3 Å². The van der Waals surface area contributed by atoms with E-state index in [1.54, 1.807) is 0 Å². The molecule has 1 aliphatic carbocycles. The lowest BCUT2D eigenvalue weighted by Gasteiger charge is -2.36. The van der Waals surface area contributed by atoms with Gasteiger partial charge in [-0.1, -0.05) is 26.7 Å². The van der Waals surface area contributed by atoms with Crippen LogP contribution in [0.4, 0.5) is 0 Å². The van der Waals surface area contributed by atoms with Crippen LogP contribution in [0.15, 0.2) is 0 Å². The van der Waals surface area contributed by atoms with E-state index in [9.17, 15) is 4.79 Å². The molecule has 3 atom stereocenters. The monoisotopic (exact) mass is 242 g/mol.